The van der Waals surface area contributed by atoms with Crippen LogP contribution in [0.25, 0.3) is 0 Å². The van der Waals surface area contributed by atoms with E-state index in [0.717, 1.165) is 6.42 Å². The largest absolute Gasteiger partial charge is 0.456 e. The fourth-order valence-electron chi connectivity index (χ4n) is 5.04. The van der Waals surface area contributed by atoms with E-state index in [-0.39, 0.29) is 5.69 Å². The summed E-state index contributed by atoms with van der Waals surface area (Å²) in [5.41, 5.74) is 0.200. The number of nitro benzene ring substituents is 1. The van der Waals surface area contributed by atoms with Crippen LogP contribution in [-0.4, -0.2) is 16.5 Å². The maximum atomic E-state index is 12.5. The van der Waals surface area contributed by atoms with Crippen LogP contribution in [0.2, 0.25) is 0 Å². The monoisotopic (exact) mass is 345 g/mol. The number of nitro groups is 1. The van der Waals surface area contributed by atoms with Crippen LogP contribution in [0.3, 0.4) is 0 Å². The minimum atomic E-state index is -0.529. The molecule has 2 fully saturated rings. The Morgan fingerprint density at radius 2 is 1.88 bits per heavy atom. The predicted octanol–water partition coefficient (Wildman–Crippen LogP) is 5.14. The predicted molar refractivity (Wildman–Crippen MR) is 95.4 cm³/mol. The van der Waals surface area contributed by atoms with Gasteiger partial charge >= 0.3 is 5.97 Å². The van der Waals surface area contributed by atoms with Crippen LogP contribution in [0.4, 0.5) is 5.69 Å². The fourth-order valence-corrected chi connectivity index (χ4v) is 5.04. The first-order chi connectivity index (χ1) is 11.7. The highest BCUT2D eigenvalue weighted by molar-refractivity contribution is 5.89. The van der Waals surface area contributed by atoms with E-state index in [1.807, 2.05) is 13.8 Å². The molecular formula is C20H27NO4. The van der Waals surface area contributed by atoms with E-state index in [1.165, 1.54) is 56.4 Å². The van der Waals surface area contributed by atoms with Gasteiger partial charge in [0.05, 0.1) is 10.5 Å². The molecule has 0 aliphatic heterocycles. The van der Waals surface area contributed by atoms with Gasteiger partial charge in [0.2, 0.25) is 0 Å². The number of hydrogen-bond acceptors (Lipinski definition) is 4. The minimum absolute atomic E-state index is 0.0235. The van der Waals surface area contributed by atoms with Crippen molar-refractivity contribution in [3.8, 4) is 0 Å². The molecule has 2 aliphatic carbocycles. The smallest absolute Gasteiger partial charge is 0.338 e. The van der Waals surface area contributed by atoms with E-state index in [0.29, 0.717) is 22.8 Å². The Morgan fingerprint density at radius 3 is 2.52 bits per heavy atom. The second-order valence-electron chi connectivity index (χ2n) is 8.45. The van der Waals surface area contributed by atoms with Crippen molar-refractivity contribution in [1.82, 2.24) is 0 Å². The number of carbonyl (C=O) groups excluding carboxylic acids is 1. The number of carbonyl (C=O) groups is 1. The SMILES string of the molecule is CC12CCCCC1C(C(C)(C)OC(=O)c1ccc([N+](=O)[O-])cc1)CC2. The molecule has 5 heteroatoms. The zero-order valence-corrected chi connectivity index (χ0v) is 15.3. The molecule has 0 heterocycles. The quantitative estimate of drug-likeness (QED) is 0.430. The average molecular weight is 345 g/mol. The third-order valence-corrected chi connectivity index (χ3v) is 6.48. The number of fused-ring (bicyclic) bond motifs is 1. The lowest BCUT2D eigenvalue weighted by molar-refractivity contribution is -0.384. The molecule has 3 unspecified atom stereocenters. The van der Waals surface area contributed by atoms with Gasteiger partial charge in [-0.05, 0) is 63.0 Å². The van der Waals surface area contributed by atoms with Gasteiger partial charge in [-0.2, -0.15) is 0 Å². The Hall–Kier alpha value is -1.91. The first-order valence-electron chi connectivity index (χ1n) is 9.21. The third-order valence-electron chi connectivity index (χ3n) is 6.48. The zero-order chi connectivity index (χ0) is 18.2. The topological polar surface area (TPSA) is 69.4 Å². The summed E-state index contributed by atoms with van der Waals surface area (Å²) in [6, 6.07) is 5.63. The summed E-state index contributed by atoms with van der Waals surface area (Å²) in [5, 5.41) is 10.7. The summed E-state index contributed by atoms with van der Waals surface area (Å²) in [6.07, 6.45) is 7.38. The summed E-state index contributed by atoms with van der Waals surface area (Å²) >= 11 is 0. The van der Waals surface area contributed by atoms with Crippen LogP contribution in [0.1, 0.15) is 69.7 Å². The van der Waals surface area contributed by atoms with E-state index in [9.17, 15) is 14.9 Å². The standard InChI is InChI=1S/C20H27NO4/c1-19(2,16-11-13-20(3)12-5-4-6-17(16)20)25-18(22)14-7-9-15(10-8-14)21(23)24/h7-10,16-17H,4-6,11-13H2,1-3H3. The number of rotatable bonds is 4. The molecule has 0 amide bonds. The Bertz CT molecular complexity index is 667. The van der Waals surface area contributed by atoms with Gasteiger partial charge < -0.3 is 4.74 Å². The molecule has 0 N–H and O–H groups in total. The van der Waals surface area contributed by atoms with Crippen LogP contribution in [0, 0.1) is 27.4 Å². The van der Waals surface area contributed by atoms with Crippen LogP contribution in [0.15, 0.2) is 24.3 Å². The molecule has 0 aromatic heterocycles. The number of benzene rings is 1. The molecule has 2 aliphatic rings. The summed E-state index contributed by atoms with van der Waals surface area (Å²) < 4.78 is 5.89. The van der Waals surface area contributed by atoms with Gasteiger partial charge in [-0.25, -0.2) is 4.79 Å². The second kappa shape index (κ2) is 6.43. The van der Waals surface area contributed by atoms with Crippen molar-refractivity contribution in [2.24, 2.45) is 17.3 Å². The maximum Gasteiger partial charge on any atom is 0.338 e. The Labute approximate surface area is 148 Å². The lowest BCUT2D eigenvalue weighted by atomic mass is 9.65. The number of nitrogens with zero attached hydrogens (tertiary/aromatic N) is 1. The summed E-state index contributed by atoms with van der Waals surface area (Å²) in [4.78, 5) is 22.8. The van der Waals surface area contributed by atoms with Gasteiger partial charge in [-0.15, -0.1) is 0 Å². The van der Waals surface area contributed by atoms with E-state index in [2.05, 4.69) is 6.92 Å². The summed E-state index contributed by atoms with van der Waals surface area (Å²) in [7, 11) is 0. The normalized spacial score (nSPS) is 29.1. The summed E-state index contributed by atoms with van der Waals surface area (Å²) in [6.45, 7) is 6.42. The van der Waals surface area contributed by atoms with Crippen molar-refractivity contribution in [3.63, 3.8) is 0 Å². The van der Waals surface area contributed by atoms with Crippen LogP contribution in [-0.2, 0) is 4.74 Å². The molecule has 3 atom stereocenters. The Kier molecular flexibility index (Phi) is 4.60. The number of hydrogen-bond donors (Lipinski definition) is 0. The zero-order valence-electron chi connectivity index (χ0n) is 15.3. The van der Waals surface area contributed by atoms with Gasteiger partial charge in [-0.3, -0.25) is 10.1 Å². The van der Waals surface area contributed by atoms with Gasteiger partial charge in [0.15, 0.2) is 0 Å². The molecule has 0 radical (unpaired) electrons. The van der Waals surface area contributed by atoms with Crippen molar-refractivity contribution in [2.45, 2.75) is 64.9 Å². The van der Waals surface area contributed by atoms with Crippen LogP contribution >= 0.6 is 0 Å². The molecule has 0 bridgehead atoms. The van der Waals surface area contributed by atoms with Crippen molar-refractivity contribution in [2.75, 3.05) is 0 Å². The van der Waals surface area contributed by atoms with E-state index in [1.54, 1.807) is 0 Å². The highest BCUT2D eigenvalue weighted by atomic mass is 16.6. The second-order valence-corrected chi connectivity index (χ2v) is 8.45. The molecule has 1 aromatic carbocycles. The molecule has 25 heavy (non-hydrogen) atoms. The minimum Gasteiger partial charge on any atom is -0.456 e. The lowest BCUT2D eigenvalue weighted by Gasteiger charge is -2.43. The third kappa shape index (κ3) is 3.42. The van der Waals surface area contributed by atoms with E-state index in [4.69, 9.17) is 4.74 Å². The van der Waals surface area contributed by atoms with Crippen molar-refractivity contribution >= 4 is 11.7 Å². The van der Waals surface area contributed by atoms with E-state index < -0.39 is 16.5 Å². The lowest BCUT2D eigenvalue weighted by Crippen LogP contribution is -2.42. The van der Waals surface area contributed by atoms with Gasteiger partial charge in [0.25, 0.3) is 5.69 Å². The fraction of sp³-hybridized carbons (Fsp3) is 0.650. The summed E-state index contributed by atoms with van der Waals surface area (Å²) in [5.74, 6) is 0.588. The molecular weight excluding hydrogens is 318 g/mol. The Balaban J connectivity index is 1.72. The van der Waals surface area contributed by atoms with Crippen LogP contribution < -0.4 is 0 Å². The number of esters is 1. The highest BCUT2D eigenvalue weighted by Gasteiger charge is 2.52. The molecule has 3 rings (SSSR count). The first-order valence-corrected chi connectivity index (χ1v) is 9.21. The molecule has 2 saturated carbocycles. The molecule has 0 spiro atoms. The van der Waals surface area contributed by atoms with Gasteiger partial charge in [0.1, 0.15) is 5.60 Å². The highest BCUT2D eigenvalue weighted by Crippen LogP contribution is 2.57. The average Bonchev–Trinajstić information content (AvgIpc) is 2.92. The molecule has 5 nitrogen and oxygen atoms in total. The molecule has 136 valence electrons. The van der Waals surface area contributed by atoms with Crippen LogP contribution in [0.5, 0.6) is 0 Å². The van der Waals surface area contributed by atoms with Crippen molar-refractivity contribution in [3.05, 3.63) is 39.9 Å². The molecule has 0 saturated heterocycles. The number of non-ortho nitro benzene ring substituents is 1. The van der Waals surface area contributed by atoms with Gasteiger partial charge in [-0.1, -0.05) is 19.8 Å². The van der Waals surface area contributed by atoms with Crippen molar-refractivity contribution in [1.29, 1.82) is 0 Å². The Morgan fingerprint density at radius 1 is 1.20 bits per heavy atom. The van der Waals surface area contributed by atoms with E-state index >= 15 is 0 Å². The first kappa shape index (κ1) is 17.9. The van der Waals surface area contributed by atoms with Crippen molar-refractivity contribution < 1.29 is 14.5 Å². The van der Waals surface area contributed by atoms with Gasteiger partial charge in [0, 0.05) is 18.1 Å². The number of ether oxygens (including phenoxy) is 1. The maximum absolute atomic E-state index is 12.5. The molecule has 1 aromatic rings.